The number of hydrogen-bond donors (Lipinski definition) is 2. The van der Waals surface area contributed by atoms with Crippen LogP contribution in [0, 0.1) is 5.41 Å². The second-order valence-electron chi connectivity index (χ2n) is 6.20. The first-order valence-corrected chi connectivity index (χ1v) is 7.49. The third-order valence-corrected chi connectivity index (χ3v) is 3.30. The second kappa shape index (κ2) is 7.97. The molecule has 2 amide bonds. The van der Waals surface area contributed by atoms with Crippen LogP contribution >= 0.6 is 11.6 Å². The van der Waals surface area contributed by atoms with Gasteiger partial charge < -0.3 is 15.3 Å². The van der Waals surface area contributed by atoms with Crippen LogP contribution in [0.5, 0.6) is 0 Å². The number of carboxylic acid groups (broad SMARTS) is 1. The predicted octanol–water partition coefficient (Wildman–Crippen LogP) is 1.92. The maximum atomic E-state index is 12.2. The second-order valence-corrected chi connectivity index (χ2v) is 6.64. The van der Waals surface area contributed by atoms with E-state index >= 15 is 0 Å². The van der Waals surface area contributed by atoms with Gasteiger partial charge in [0.2, 0.25) is 11.8 Å². The highest BCUT2D eigenvalue weighted by molar-refractivity contribution is 6.30. The zero-order valence-corrected chi connectivity index (χ0v) is 14.2. The Kier molecular flexibility index (Phi) is 6.57. The third kappa shape index (κ3) is 6.69. The molecule has 7 heteroatoms. The number of nitrogens with one attached hydrogen (secondary N) is 1. The van der Waals surface area contributed by atoms with Gasteiger partial charge in [0.25, 0.3) is 0 Å². The molecule has 6 nitrogen and oxygen atoms in total. The van der Waals surface area contributed by atoms with E-state index in [1.54, 1.807) is 45.0 Å². The van der Waals surface area contributed by atoms with Crippen LogP contribution in [-0.2, 0) is 20.9 Å². The number of nitrogens with zero attached hydrogens (tertiary/aromatic N) is 1. The minimum atomic E-state index is -1.12. The van der Waals surface area contributed by atoms with Gasteiger partial charge in [0.1, 0.15) is 6.54 Å². The molecule has 1 aromatic carbocycles. The summed E-state index contributed by atoms with van der Waals surface area (Å²) >= 11 is 5.80. The van der Waals surface area contributed by atoms with Crippen molar-refractivity contribution in [1.29, 1.82) is 0 Å². The van der Waals surface area contributed by atoms with E-state index < -0.39 is 23.8 Å². The van der Waals surface area contributed by atoms with Gasteiger partial charge in [0, 0.05) is 17.0 Å². The number of carbonyl (C=O) groups excluding carboxylic acids is 2. The van der Waals surface area contributed by atoms with Crippen molar-refractivity contribution in [3.05, 3.63) is 34.9 Å². The van der Waals surface area contributed by atoms with Gasteiger partial charge in [-0.3, -0.25) is 14.4 Å². The van der Waals surface area contributed by atoms with Gasteiger partial charge in [-0.2, -0.15) is 0 Å². The first-order chi connectivity index (χ1) is 10.6. The molecular weight excluding hydrogens is 320 g/mol. The topological polar surface area (TPSA) is 86.7 Å². The van der Waals surface area contributed by atoms with Crippen LogP contribution < -0.4 is 5.32 Å². The molecule has 126 valence electrons. The van der Waals surface area contributed by atoms with Gasteiger partial charge >= 0.3 is 5.97 Å². The van der Waals surface area contributed by atoms with E-state index in [9.17, 15) is 14.4 Å². The lowest BCUT2D eigenvalue weighted by atomic mass is 9.96. The minimum absolute atomic E-state index is 0.133. The molecule has 0 fully saturated rings. The van der Waals surface area contributed by atoms with Gasteiger partial charge in [-0.15, -0.1) is 0 Å². The summed E-state index contributed by atoms with van der Waals surface area (Å²) in [7, 11) is 0. The van der Waals surface area contributed by atoms with Gasteiger partial charge in [0.05, 0.1) is 6.54 Å². The highest BCUT2D eigenvalue weighted by Crippen LogP contribution is 2.13. The van der Waals surface area contributed by atoms with E-state index in [-0.39, 0.29) is 19.0 Å². The lowest BCUT2D eigenvalue weighted by molar-refractivity contribution is -0.145. The Morgan fingerprint density at radius 1 is 1.17 bits per heavy atom. The van der Waals surface area contributed by atoms with E-state index in [0.29, 0.717) is 5.02 Å². The van der Waals surface area contributed by atoms with Gasteiger partial charge in [-0.05, 0) is 17.7 Å². The van der Waals surface area contributed by atoms with Crippen molar-refractivity contribution >= 4 is 29.4 Å². The Bertz CT molecular complexity index is 579. The molecule has 23 heavy (non-hydrogen) atoms. The Hall–Kier alpha value is -2.08. The number of halogens is 1. The van der Waals surface area contributed by atoms with Crippen LogP contribution in [0.4, 0.5) is 0 Å². The normalized spacial score (nSPS) is 11.0. The first-order valence-electron chi connectivity index (χ1n) is 7.12. The van der Waals surface area contributed by atoms with E-state index in [1.807, 2.05) is 0 Å². The summed E-state index contributed by atoms with van der Waals surface area (Å²) in [6.07, 6.45) is 0. The number of rotatable bonds is 6. The lowest BCUT2D eigenvalue weighted by Crippen LogP contribution is -2.44. The van der Waals surface area contributed by atoms with Crippen molar-refractivity contribution in [3.63, 3.8) is 0 Å². The highest BCUT2D eigenvalue weighted by atomic mass is 35.5. The van der Waals surface area contributed by atoms with Crippen LogP contribution in [0.25, 0.3) is 0 Å². The molecule has 0 heterocycles. The average molecular weight is 341 g/mol. The fourth-order valence-electron chi connectivity index (χ4n) is 1.74. The molecule has 0 aliphatic carbocycles. The Morgan fingerprint density at radius 3 is 2.22 bits per heavy atom. The average Bonchev–Trinajstić information content (AvgIpc) is 2.44. The van der Waals surface area contributed by atoms with Gasteiger partial charge in [0.15, 0.2) is 0 Å². The van der Waals surface area contributed by atoms with E-state index in [1.165, 1.54) is 4.90 Å². The number of aliphatic carboxylic acids is 1. The Labute approximate surface area is 140 Å². The quantitative estimate of drug-likeness (QED) is 0.828. The number of benzene rings is 1. The van der Waals surface area contributed by atoms with Crippen LogP contribution in [0.2, 0.25) is 5.02 Å². The van der Waals surface area contributed by atoms with E-state index in [2.05, 4.69) is 5.32 Å². The van der Waals surface area contributed by atoms with Gasteiger partial charge in [-0.1, -0.05) is 44.5 Å². The standard InChI is InChI=1S/C16H21ClN2O4/c1-16(2,3)15(23)18-8-13(20)19(10-14(21)22)9-11-4-6-12(17)7-5-11/h4-7H,8-10H2,1-3H3,(H,18,23)(H,21,22). The Balaban J connectivity index is 2.73. The van der Waals surface area contributed by atoms with E-state index in [0.717, 1.165) is 5.56 Å². The molecule has 0 bridgehead atoms. The molecule has 0 saturated heterocycles. The molecule has 0 aromatic heterocycles. The van der Waals surface area contributed by atoms with Crippen LogP contribution in [0.3, 0.4) is 0 Å². The van der Waals surface area contributed by atoms with Crippen molar-refractivity contribution < 1.29 is 19.5 Å². The predicted molar refractivity (Wildman–Crippen MR) is 87.0 cm³/mol. The first kappa shape index (κ1) is 19.0. The third-order valence-electron chi connectivity index (χ3n) is 3.05. The summed E-state index contributed by atoms with van der Waals surface area (Å²) in [6, 6.07) is 6.78. The lowest BCUT2D eigenvalue weighted by Gasteiger charge is -2.23. The van der Waals surface area contributed by atoms with Crippen LogP contribution in [-0.4, -0.2) is 40.9 Å². The van der Waals surface area contributed by atoms with Crippen molar-refractivity contribution in [2.75, 3.05) is 13.1 Å². The fourth-order valence-corrected chi connectivity index (χ4v) is 1.86. The molecule has 0 saturated carbocycles. The molecule has 2 N–H and O–H groups in total. The summed E-state index contributed by atoms with van der Waals surface area (Å²) in [5.74, 6) is -1.85. The number of hydrogen-bond acceptors (Lipinski definition) is 3. The molecule has 0 unspecified atom stereocenters. The zero-order chi connectivity index (χ0) is 17.6. The SMILES string of the molecule is CC(C)(C)C(=O)NCC(=O)N(CC(=O)O)Cc1ccc(Cl)cc1. The Morgan fingerprint density at radius 2 is 1.74 bits per heavy atom. The molecule has 1 rings (SSSR count). The highest BCUT2D eigenvalue weighted by Gasteiger charge is 2.23. The molecule has 0 aliphatic heterocycles. The molecule has 0 atom stereocenters. The summed E-state index contributed by atoms with van der Waals surface area (Å²) in [5, 5.41) is 12.0. The van der Waals surface area contributed by atoms with Crippen LogP contribution in [0.1, 0.15) is 26.3 Å². The summed E-state index contributed by atoms with van der Waals surface area (Å²) in [4.78, 5) is 36.1. The largest absolute Gasteiger partial charge is 0.480 e. The molecule has 0 radical (unpaired) electrons. The van der Waals surface area contributed by atoms with E-state index in [4.69, 9.17) is 16.7 Å². The van der Waals surface area contributed by atoms with Crippen molar-refractivity contribution in [3.8, 4) is 0 Å². The molecular formula is C16H21ClN2O4. The summed E-state index contributed by atoms with van der Waals surface area (Å²) in [5.41, 5.74) is 0.139. The monoisotopic (exact) mass is 340 g/mol. The van der Waals surface area contributed by atoms with Crippen LogP contribution in [0.15, 0.2) is 24.3 Å². The summed E-state index contributed by atoms with van der Waals surface area (Å²) in [6.45, 7) is 4.65. The molecule has 1 aromatic rings. The number of carboxylic acids is 1. The number of carbonyl (C=O) groups is 3. The van der Waals surface area contributed by atoms with Crippen molar-refractivity contribution in [2.45, 2.75) is 27.3 Å². The fraction of sp³-hybridized carbons (Fsp3) is 0.438. The maximum absolute atomic E-state index is 12.2. The maximum Gasteiger partial charge on any atom is 0.323 e. The summed E-state index contributed by atoms with van der Waals surface area (Å²) < 4.78 is 0. The molecule has 0 spiro atoms. The van der Waals surface area contributed by atoms with Crippen molar-refractivity contribution in [2.24, 2.45) is 5.41 Å². The minimum Gasteiger partial charge on any atom is -0.480 e. The number of amides is 2. The smallest absolute Gasteiger partial charge is 0.323 e. The molecule has 0 aliphatic rings. The van der Waals surface area contributed by atoms with Crippen molar-refractivity contribution in [1.82, 2.24) is 10.2 Å². The van der Waals surface area contributed by atoms with Gasteiger partial charge in [-0.25, -0.2) is 0 Å². The zero-order valence-electron chi connectivity index (χ0n) is 13.4.